The number of hydrogen-bond acceptors (Lipinski definition) is 4. The molecule has 1 aromatic carbocycles. The highest BCUT2D eigenvalue weighted by Gasteiger charge is 2.29. The van der Waals surface area contributed by atoms with Gasteiger partial charge in [-0.1, -0.05) is 18.2 Å². The molecule has 3 saturated heterocycles. The number of halogens is 1. The van der Waals surface area contributed by atoms with Gasteiger partial charge in [0.25, 0.3) is 0 Å². The predicted octanol–water partition coefficient (Wildman–Crippen LogP) is 3.43. The van der Waals surface area contributed by atoms with E-state index in [4.69, 9.17) is 0 Å². The molecule has 3 aliphatic heterocycles. The lowest BCUT2D eigenvalue weighted by Crippen LogP contribution is -2.38. The maximum absolute atomic E-state index is 12.1. The fourth-order valence-electron chi connectivity index (χ4n) is 3.63. The number of nitrogens with zero attached hydrogens (tertiary/aromatic N) is 3. The number of carbonyl (C=O) groups is 1. The van der Waals surface area contributed by atoms with E-state index in [0.29, 0.717) is 11.7 Å². The van der Waals surface area contributed by atoms with Crippen molar-refractivity contribution in [1.29, 1.82) is 0 Å². The number of amides is 2. The second kappa shape index (κ2) is 8.38. The lowest BCUT2D eigenvalue weighted by Gasteiger charge is -2.32. The zero-order chi connectivity index (χ0) is 17.1. The summed E-state index contributed by atoms with van der Waals surface area (Å²) >= 11 is 0. The third kappa shape index (κ3) is 4.26. The van der Waals surface area contributed by atoms with Crippen LogP contribution in [0.2, 0.25) is 0 Å². The number of rotatable bonds is 3. The molecule has 26 heavy (non-hydrogen) atoms. The van der Waals surface area contributed by atoms with Crippen LogP contribution >= 0.6 is 12.4 Å². The number of urea groups is 1. The second-order valence-electron chi connectivity index (χ2n) is 6.62. The van der Waals surface area contributed by atoms with Gasteiger partial charge < -0.3 is 20.4 Å². The average Bonchev–Trinajstić information content (AvgIpc) is 2.97. The molecule has 2 amide bonds. The topological polar surface area (TPSA) is 60.5 Å². The molecule has 6 nitrogen and oxygen atoms in total. The SMILES string of the molecule is Cl.O=C(Nc1ccccc1)Nc1ccc(N2CCN3CCC2CC3)nc1. The summed E-state index contributed by atoms with van der Waals surface area (Å²) < 4.78 is 0. The first kappa shape index (κ1) is 18.5. The van der Waals surface area contributed by atoms with Gasteiger partial charge in [0.1, 0.15) is 5.82 Å². The Labute approximate surface area is 160 Å². The molecule has 2 N–H and O–H groups in total. The summed E-state index contributed by atoms with van der Waals surface area (Å²) in [6.45, 7) is 4.53. The van der Waals surface area contributed by atoms with Crippen LogP contribution in [0.4, 0.5) is 22.0 Å². The smallest absolute Gasteiger partial charge is 0.323 e. The highest BCUT2D eigenvalue weighted by Crippen LogP contribution is 2.26. The van der Waals surface area contributed by atoms with E-state index >= 15 is 0 Å². The van der Waals surface area contributed by atoms with Gasteiger partial charge in [0.2, 0.25) is 0 Å². The average molecular weight is 374 g/mol. The minimum atomic E-state index is -0.262. The van der Waals surface area contributed by atoms with Gasteiger partial charge in [0, 0.05) is 37.9 Å². The molecule has 1 aromatic heterocycles. The van der Waals surface area contributed by atoms with E-state index in [1.54, 1.807) is 6.20 Å². The molecule has 0 radical (unpaired) electrons. The molecule has 0 spiro atoms. The van der Waals surface area contributed by atoms with Crippen molar-refractivity contribution in [3.05, 3.63) is 48.7 Å². The normalized spacial score (nSPS) is 21.5. The third-order valence-electron chi connectivity index (χ3n) is 4.99. The maximum atomic E-state index is 12.1. The van der Waals surface area contributed by atoms with Gasteiger partial charge in [-0.2, -0.15) is 0 Å². The standard InChI is InChI=1S/C19H23N5O.ClH/c25-19(21-15-4-2-1-3-5-15)22-16-6-7-18(20-14-16)24-13-12-23-10-8-17(24)9-11-23;/h1-7,14,17H,8-13H2,(H2,21,22,25);1H. The lowest BCUT2D eigenvalue weighted by molar-refractivity contribution is 0.250. The predicted molar refractivity (Wildman–Crippen MR) is 107 cm³/mol. The van der Waals surface area contributed by atoms with Crippen molar-refractivity contribution in [3.63, 3.8) is 0 Å². The third-order valence-corrected chi connectivity index (χ3v) is 4.99. The van der Waals surface area contributed by atoms with Crippen molar-refractivity contribution in [2.24, 2.45) is 0 Å². The number of fused-ring (bicyclic) bond motifs is 4. The van der Waals surface area contributed by atoms with Crippen LogP contribution in [0.25, 0.3) is 0 Å². The van der Waals surface area contributed by atoms with Crippen LogP contribution in [0.3, 0.4) is 0 Å². The van der Waals surface area contributed by atoms with Crippen molar-refractivity contribution >= 4 is 35.6 Å². The van der Waals surface area contributed by atoms with E-state index in [1.807, 2.05) is 42.5 Å². The molecule has 3 aliphatic rings. The van der Waals surface area contributed by atoms with Crippen LogP contribution in [0.1, 0.15) is 12.8 Å². The molecular weight excluding hydrogens is 350 g/mol. The minimum Gasteiger partial charge on any atom is -0.352 e. The van der Waals surface area contributed by atoms with Crippen molar-refractivity contribution in [2.75, 3.05) is 41.7 Å². The highest BCUT2D eigenvalue weighted by atomic mass is 35.5. The van der Waals surface area contributed by atoms with Gasteiger partial charge in [0.15, 0.2) is 0 Å². The quantitative estimate of drug-likeness (QED) is 0.865. The summed E-state index contributed by atoms with van der Waals surface area (Å²) in [6.07, 6.45) is 4.15. The lowest BCUT2D eigenvalue weighted by atomic mass is 10.1. The molecule has 3 fully saturated rings. The van der Waals surface area contributed by atoms with E-state index in [9.17, 15) is 4.79 Å². The Hall–Kier alpha value is -2.31. The number of nitrogens with one attached hydrogen (secondary N) is 2. The first-order chi connectivity index (χ1) is 12.3. The summed E-state index contributed by atoms with van der Waals surface area (Å²) in [7, 11) is 0. The number of pyridine rings is 1. The van der Waals surface area contributed by atoms with Crippen molar-refractivity contribution < 1.29 is 4.79 Å². The van der Waals surface area contributed by atoms with Crippen LogP contribution in [-0.4, -0.2) is 48.1 Å². The van der Waals surface area contributed by atoms with Gasteiger partial charge in [-0.25, -0.2) is 9.78 Å². The van der Waals surface area contributed by atoms with Crippen LogP contribution in [0.15, 0.2) is 48.7 Å². The van der Waals surface area contributed by atoms with Crippen LogP contribution < -0.4 is 15.5 Å². The Morgan fingerprint density at radius 1 is 0.923 bits per heavy atom. The van der Waals surface area contributed by atoms with E-state index in [0.717, 1.165) is 24.6 Å². The molecule has 138 valence electrons. The largest absolute Gasteiger partial charge is 0.352 e. The van der Waals surface area contributed by atoms with Crippen molar-refractivity contribution in [2.45, 2.75) is 18.9 Å². The van der Waals surface area contributed by atoms with Crippen LogP contribution in [0, 0.1) is 0 Å². The molecule has 2 aromatic rings. The second-order valence-corrected chi connectivity index (χ2v) is 6.62. The Balaban J connectivity index is 0.00000196. The summed E-state index contributed by atoms with van der Waals surface area (Å²) in [5.74, 6) is 1.00. The van der Waals surface area contributed by atoms with Crippen LogP contribution in [-0.2, 0) is 0 Å². The Kier molecular flexibility index (Phi) is 5.96. The number of benzene rings is 1. The molecule has 4 heterocycles. The van der Waals surface area contributed by atoms with Crippen molar-refractivity contribution in [1.82, 2.24) is 9.88 Å². The fourth-order valence-corrected chi connectivity index (χ4v) is 3.63. The first-order valence-electron chi connectivity index (χ1n) is 8.86. The number of anilines is 3. The zero-order valence-electron chi connectivity index (χ0n) is 14.6. The number of carbonyl (C=O) groups excluding carboxylic acids is 1. The number of aromatic nitrogens is 1. The van der Waals surface area contributed by atoms with Gasteiger partial charge in [-0.05, 0) is 37.1 Å². The molecule has 0 aliphatic carbocycles. The van der Waals surface area contributed by atoms with Gasteiger partial charge in [0.05, 0.1) is 11.9 Å². The van der Waals surface area contributed by atoms with Crippen molar-refractivity contribution in [3.8, 4) is 0 Å². The molecule has 2 bridgehead atoms. The molecule has 0 saturated carbocycles. The number of hydrogen-bond donors (Lipinski definition) is 2. The van der Waals surface area contributed by atoms with E-state index in [1.165, 1.54) is 25.9 Å². The molecule has 7 heteroatoms. The zero-order valence-corrected chi connectivity index (χ0v) is 15.4. The first-order valence-corrected chi connectivity index (χ1v) is 8.86. The molecule has 5 rings (SSSR count). The van der Waals surface area contributed by atoms with Gasteiger partial charge in [-0.15, -0.1) is 12.4 Å². The summed E-state index contributed by atoms with van der Waals surface area (Å²) in [5.41, 5.74) is 1.46. The maximum Gasteiger partial charge on any atom is 0.323 e. The Morgan fingerprint density at radius 2 is 1.65 bits per heavy atom. The van der Waals surface area contributed by atoms with Gasteiger partial charge in [-0.3, -0.25) is 0 Å². The van der Waals surface area contributed by atoms with E-state index in [-0.39, 0.29) is 18.4 Å². The molecular formula is C19H24ClN5O. The molecule has 0 unspecified atom stereocenters. The summed E-state index contributed by atoms with van der Waals surface area (Å²) in [4.78, 5) is 21.6. The minimum absolute atomic E-state index is 0. The fraction of sp³-hybridized carbons (Fsp3) is 0.368. The Bertz CT molecular complexity index is 716. The monoisotopic (exact) mass is 373 g/mol. The highest BCUT2D eigenvalue weighted by molar-refractivity contribution is 5.99. The molecule has 0 atom stereocenters. The van der Waals surface area contributed by atoms with E-state index < -0.39 is 0 Å². The summed E-state index contributed by atoms with van der Waals surface area (Å²) in [5, 5.41) is 5.63. The van der Waals surface area contributed by atoms with E-state index in [2.05, 4.69) is 25.4 Å². The number of piperidine rings is 1. The summed E-state index contributed by atoms with van der Waals surface area (Å²) in [6, 6.07) is 13.6. The van der Waals surface area contributed by atoms with Crippen LogP contribution in [0.5, 0.6) is 0 Å². The number of para-hydroxylation sites is 1. The van der Waals surface area contributed by atoms with Gasteiger partial charge >= 0.3 is 6.03 Å². The Morgan fingerprint density at radius 3 is 2.35 bits per heavy atom.